The van der Waals surface area contributed by atoms with Gasteiger partial charge in [0, 0.05) is 12.1 Å². The standard InChI is InChI=1S/C8H7N3O2/c9-6-10-5-7-2-1-3-8(4-7)11(12)13/h1-4,10H,5H2. The molecule has 13 heavy (non-hydrogen) atoms. The van der Waals surface area contributed by atoms with Crippen LogP contribution in [0.3, 0.4) is 0 Å². The van der Waals surface area contributed by atoms with Gasteiger partial charge in [0.05, 0.1) is 11.5 Å². The summed E-state index contributed by atoms with van der Waals surface area (Å²) in [6.07, 6.45) is 1.75. The summed E-state index contributed by atoms with van der Waals surface area (Å²) in [6.45, 7) is 0.318. The molecule has 0 amide bonds. The van der Waals surface area contributed by atoms with Crippen molar-refractivity contribution in [2.24, 2.45) is 0 Å². The smallest absolute Gasteiger partial charge is 0.269 e. The third kappa shape index (κ3) is 2.45. The highest BCUT2D eigenvalue weighted by atomic mass is 16.6. The van der Waals surface area contributed by atoms with Gasteiger partial charge in [-0.15, -0.1) is 0 Å². The lowest BCUT2D eigenvalue weighted by Crippen LogP contribution is -2.04. The van der Waals surface area contributed by atoms with E-state index in [1.807, 2.05) is 0 Å². The van der Waals surface area contributed by atoms with Crippen molar-refractivity contribution in [2.45, 2.75) is 6.54 Å². The maximum absolute atomic E-state index is 10.3. The minimum Gasteiger partial charge on any atom is -0.319 e. The fourth-order valence-electron chi connectivity index (χ4n) is 0.922. The summed E-state index contributed by atoms with van der Waals surface area (Å²) in [5.41, 5.74) is 0.757. The van der Waals surface area contributed by atoms with Gasteiger partial charge in [0.2, 0.25) is 0 Å². The molecule has 0 aromatic heterocycles. The molecule has 1 aromatic rings. The Morgan fingerprint density at radius 1 is 1.62 bits per heavy atom. The monoisotopic (exact) mass is 177 g/mol. The number of non-ortho nitro benzene ring substituents is 1. The largest absolute Gasteiger partial charge is 0.319 e. The lowest BCUT2D eigenvalue weighted by atomic mass is 10.2. The van der Waals surface area contributed by atoms with Crippen molar-refractivity contribution >= 4 is 5.69 Å². The molecule has 0 heterocycles. The van der Waals surface area contributed by atoms with E-state index < -0.39 is 4.92 Å². The van der Waals surface area contributed by atoms with Crippen molar-refractivity contribution in [1.29, 1.82) is 5.26 Å². The van der Waals surface area contributed by atoms with Gasteiger partial charge >= 0.3 is 0 Å². The Kier molecular flexibility index (Phi) is 2.82. The number of rotatable bonds is 3. The van der Waals surface area contributed by atoms with Gasteiger partial charge in [0.1, 0.15) is 0 Å². The fraction of sp³-hybridized carbons (Fsp3) is 0.125. The maximum atomic E-state index is 10.3. The van der Waals surface area contributed by atoms with Crippen LogP contribution in [0.4, 0.5) is 5.69 Å². The molecule has 0 bridgehead atoms. The van der Waals surface area contributed by atoms with Crippen LogP contribution in [-0.2, 0) is 6.54 Å². The van der Waals surface area contributed by atoms with Gasteiger partial charge in [-0.05, 0) is 5.56 Å². The van der Waals surface area contributed by atoms with E-state index in [1.54, 1.807) is 18.3 Å². The van der Waals surface area contributed by atoms with Crippen molar-refractivity contribution in [3.8, 4) is 6.19 Å². The lowest BCUT2D eigenvalue weighted by molar-refractivity contribution is -0.384. The van der Waals surface area contributed by atoms with E-state index in [9.17, 15) is 10.1 Å². The topological polar surface area (TPSA) is 79.0 Å². The zero-order valence-electron chi connectivity index (χ0n) is 6.73. The molecule has 5 heteroatoms. The first-order chi connectivity index (χ1) is 6.24. The number of nitrogens with one attached hydrogen (secondary N) is 1. The molecular weight excluding hydrogens is 170 g/mol. The van der Waals surface area contributed by atoms with Gasteiger partial charge in [-0.25, -0.2) is 0 Å². The second kappa shape index (κ2) is 4.07. The number of nitriles is 1. The molecule has 0 fully saturated rings. The molecule has 0 radical (unpaired) electrons. The summed E-state index contributed by atoms with van der Waals surface area (Å²) < 4.78 is 0. The van der Waals surface area contributed by atoms with Gasteiger partial charge < -0.3 is 5.32 Å². The summed E-state index contributed by atoms with van der Waals surface area (Å²) in [5.74, 6) is 0. The van der Waals surface area contributed by atoms with Gasteiger partial charge in [-0.1, -0.05) is 12.1 Å². The van der Waals surface area contributed by atoms with Crippen LogP contribution in [0.5, 0.6) is 0 Å². The Balaban J connectivity index is 2.80. The van der Waals surface area contributed by atoms with Crippen molar-refractivity contribution in [2.75, 3.05) is 0 Å². The molecule has 0 spiro atoms. The van der Waals surface area contributed by atoms with E-state index in [4.69, 9.17) is 5.26 Å². The summed E-state index contributed by atoms with van der Waals surface area (Å²) in [5, 5.41) is 21.0. The molecule has 5 nitrogen and oxygen atoms in total. The van der Waals surface area contributed by atoms with Crippen molar-refractivity contribution in [3.05, 3.63) is 39.9 Å². The van der Waals surface area contributed by atoms with Crippen LogP contribution in [0.2, 0.25) is 0 Å². The average Bonchev–Trinajstić information content (AvgIpc) is 2.15. The second-order valence-electron chi connectivity index (χ2n) is 2.39. The number of benzene rings is 1. The highest BCUT2D eigenvalue weighted by molar-refractivity contribution is 5.34. The Morgan fingerprint density at radius 3 is 3.00 bits per heavy atom. The molecular formula is C8H7N3O2. The molecule has 0 aliphatic heterocycles. The number of nitro groups is 1. The Bertz CT molecular complexity index is 357. The number of nitro benzene ring substituents is 1. The summed E-state index contributed by atoms with van der Waals surface area (Å²) in [7, 11) is 0. The molecule has 0 saturated heterocycles. The fourth-order valence-corrected chi connectivity index (χ4v) is 0.922. The first-order valence-corrected chi connectivity index (χ1v) is 3.59. The molecule has 0 saturated carbocycles. The van der Waals surface area contributed by atoms with E-state index in [0.29, 0.717) is 6.54 Å². The van der Waals surface area contributed by atoms with Crippen LogP contribution in [0.1, 0.15) is 5.56 Å². The van der Waals surface area contributed by atoms with Gasteiger partial charge in [-0.2, -0.15) is 5.26 Å². The van der Waals surface area contributed by atoms with E-state index in [0.717, 1.165) is 5.56 Å². The number of nitrogens with zero attached hydrogens (tertiary/aromatic N) is 2. The Labute approximate surface area is 74.8 Å². The molecule has 0 aliphatic carbocycles. The zero-order chi connectivity index (χ0) is 9.68. The minimum absolute atomic E-state index is 0.0391. The van der Waals surface area contributed by atoms with Crippen molar-refractivity contribution in [1.82, 2.24) is 5.32 Å². The van der Waals surface area contributed by atoms with Crippen LogP contribution >= 0.6 is 0 Å². The highest BCUT2D eigenvalue weighted by Gasteiger charge is 2.04. The number of hydrogen-bond acceptors (Lipinski definition) is 4. The molecule has 1 rings (SSSR count). The van der Waals surface area contributed by atoms with E-state index >= 15 is 0 Å². The molecule has 66 valence electrons. The highest BCUT2D eigenvalue weighted by Crippen LogP contribution is 2.12. The second-order valence-corrected chi connectivity index (χ2v) is 2.39. The van der Waals surface area contributed by atoms with Crippen molar-refractivity contribution in [3.63, 3.8) is 0 Å². The molecule has 0 atom stereocenters. The SMILES string of the molecule is N#CNCc1cccc([N+](=O)[O-])c1. The molecule has 0 unspecified atom stereocenters. The Morgan fingerprint density at radius 2 is 2.38 bits per heavy atom. The van der Waals surface area contributed by atoms with Gasteiger partial charge in [-0.3, -0.25) is 10.1 Å². The first-order valence-electron chi connectivity index (χ1n) is 3.59. The van der Waals surface area contributed by atoms with Gasteiger partial charge in [0.15, 0.2) is 6.19 Å². The quantitative estimate of drug-likeness (QED) is 0.325. The predicted octanol–water partition coefficient (Wildman–Crippen LogP) is 1.17. The molecule has 0 aliphatic rings. The Hall–Kier alpha value is -2.09. The minimum atomic E-state index is -0.462. The lowest BCUT2D eigenvalue weighted by Gasteiger charge is -1.97. The maximum Gasteiger partial charge on any atom is 0.269 e. The van der Waals surface area contributed by atoms with Crippen LogP contribution < -0.4 is 5.32 Å². The van der Waals surface area contributed by atoms with E-state index in [2.05, 4.69) is 5.32 Å². The molecule has 1 aromatic carbocycles. The molecule has 1 N–H and O–H groups in total. The van der Waals surface area contributed by atoms with Crippen LogP contribution in [-0.4, -0.2) is 4.92 Å². The number of hydrogen-bond donors (Lipinski definition) is 1. The van der Waals surface area contributed by atoms with Crippen molar-refractivity contribution < 1.29 is 4.92 Å². The van der Waals surface area contributed by atoms with E-state index in [1.165, 1.54) is 12.1 Å². The summed E-state index contributed by atoms with van der Waals surface area (Å²) in [6, 6.07) is 6.16. The summed E-state index contributed by atoms with van der Waals surface area (Å²) >= 11 is 0. The van der Waals surface area contributed by atoms with Crippen LogP contribution in [0.15, 0.2) is 24.3 Å². The third-order valence-corrected chi connectivity index (χ3v) is 1.49. The zero-order valence-corrected chi connectivity index (χ0v) is 6.73. The first kappa shape index (κ1) is 9.00. The van der Waals surface area contributed by atoms with E-state index in [-0.39, 0.29) is 5.69 Å². The normalized spacial score (nSPS) is 8.85. The van der Waals surface area contributed by atoms with Crippen LogP contribution in [0, 0.1) is 21.6 Å². The van der Waals surface area contributed by atoms with Crippen LogP contribution in [0.25, 0.3) is 0 Å². The summed E-state index contributed by atoms with van der Waals surface area (Å²) in [4.78, 5) is 9.88. The predicted molar refractivity (Wildman–Crippen MR) is 45.5 cm³/mol. The van der Waals surface area contributed by atoms with Gasteiger partial charge in [0.25, 0.3) is 5.69 Å². The third-order valence-electron chi connectivity index (χ3n) is 1.49. The average molecular weight is 177 g/mol.